The normalized spacial score (nSPS) is 16.6. The third-order valence-electron chi connectivity index (χ3n) is 7.22. The summed E-state index contributed by atoms with van der Waals surface area (Å²) in [6.07, 6.45) is 6.91. The second-order valence-electron chi connectivity index (χ2n) is 11.5. The number of piperidine rings is 1. The lowest BCUT2D eigenvalue weighted by atomic mass is 9.92. The number of hydrogen-bond donors (Lipinski definition) is 3. The van der Waals surface area contributed by atoms with Crippen LogP contribution in [0.3, 0.4) is 0 Å². The van der Waals surface area contributed by atoms with Crippen molar-refractivity contribution in [1.29, 1.82) is 0 Å². The molecule has 40 heavy (non-hydrogen) atoms. The zero-order valence-electron chi connectivity index (χ0n) is 24.6. The van der Waals surface area contributed by atoms with E-state index in [0.29, 0.717) is 49.0 Å². The van der Waals surface area contributed by atoms with Crippen LogP contribution in [0.1, 0.15) is 81.6 Å². The third kappa shape index (κ3) is 12.0. The van der Waals surface area contributed by atoms with E-state index in [0.717, 1.165) is 50.0 Å². The smallest absolute Gasteiger partial charge is 0.337 e. The van der Waals surface area contributed by atoms with Crippen LogP contribution in [-0.4, -0.2) is 78.7 Å². The molecule has 1 saturated carbocycles. The molecule has 0 spiro atoms. The molecule has 1 saturated heterocycles. The van der Waals surface area contributed by atoms with Gasteiger partial charge >= 0.3 is 5.97 Å². The fourth-order valence-electron chi connectivity index (χ4n) is 5.07. The lowest BCUT2D eigenvalue weighted by molar-refractivity contribution is -0.155. The molecule has 1 aromatic carbocycles. The molecule has 0 aromatic heterocycles. The Balaban J connectivity index is 0.00000131. The highest BCUT2D eigenvalue weighted by molar-refractivity contribution is 5.89. The molecule has 0 radical (unpaired) electrons. The first-order chi connectivity index (χ1) is 19.1. The molecule has 1 atom stereocenters. The molecule has 224 valence electrons. The number of ether oxygens (including phenoxy) is 1. The average molecular weight is 561 g/mol. The number of hydroxylamine groups is 2. The van der Waals surface area contributed by atoms with Crippen LogP contribution in [-0.2, 0) is 25.7 Å². The van der Waals surface area contributed by atoms with E-state index in [2.05, 4.69) is 31.4 Å². The Kier molecular flexibility index (Phi) is 14.7. The van der Waals surface area contributed by atoms with Gasteiger partial charge in [-0.25, -0.2) is 9.86 Å². The molecule has 3 N–H and O–H groups in total. The Labute approximate surface area is 238 Å². The molecule has 10 nitrogen and oxygen atoms in total. The predicted molar refractivity (Wildman–Crippen MR) is 152 cm³/mol. The summed E-state index contributed by atoms with van der Waals surface area (Å²) in [5, 5.41) is 16.3. The van der Waals surface area contributed by atoms with Crippen LogP contribution in [0, 0.1) is 17.8 Å². The van der Waals surface area contributed by atoms with Crippen LogP contribution in [0.2, 0.25) is 0 Å². The number of carbonyl (C=O) groups is 4. The number of likely N-dealkylation sites (tertiary alicyclic amines) is 1. The number of hydrogen-bond acceptors (Lipinski definition) is 7. The van der Waals surface area contributed by atoms with Gasteiger partial charge in [0.2, 0.25) is 18.2 Å². The Morgan fingerprint density at radius 3 is 2.23 bits per heavy atom. The Bertz CT molecular complexity index is 922. The molecular formula is C30H48N4O6. The van der Waals surface area contributed by atoms with Crippen LogP contribution >= 0.6 is 0 Å². The number of esters is 1. The van der Waals surface area contributed by atoms with E-state index in [1.165, 1.54) is 7.11 Å². The summed E-state index contributed by atoms with van der Waals surface area (Å²) in [5.41, 5.74) is 1.58. The van der Waals surface area contributed by atoms with Crippen LogP contribution in [0.4, 0.5) is 0 Å². The van der Waals surface area contributed by atoms with Gasteiger partial charge in [-0.3, -0.25) is 19.6 Å². The van der Waals surface area contributed by atoms with Crippen LogP contribution in [0.5, 0.6) is 0 Å². The van der Waals surface area contributed by atoms with Crippen LogP contribution < -0.4 is 10.6 Å². The maximum atomic E-state index is 12.7. The van der Waals surface area contributed by atoms with Crippen molar-refractivity contribution in [2.24, 2.45) is 17.8 Å². The Morgan fingerprint density at radius 1 is 1.07 bits per heavy atom. The van der Waals surface area contributed by atoms with Crippen molar-refractivity contribution in [2.45, 2.75) is 78.3 Å². The van der Waals surface area contributed by atoms with Crippen molar-refractivity contribution >= 4 is 24.2 Å². The summed E-state index contributed by atoms with van der Waals surface area (Å²) in [6, 6.07) is 7.55. The predicted octanol–water partition coefficient (Wildman–Crippen LogP) is 3.38. The van der Waals surface area contributed by atoms with Crippen molar-refractivity contribution in [1.82, 2.24) is 20.6 Å². The van der Waals surface area contributed by atoms with Gasteiger partial charge in [-0.05, 0) is 48.8 Å². The van der Waals surface area contributed by atoms with Gasteiger partial charge in [0.05, 0.1) is 31.7 Å². The Hall–Kier alpha value is -2.98. The minimum Gasteiger partial charge on any atom is -0.465 e. The van der Waals surface area contributed by atoms with Crippen molar-refractivity contribution in [3.8, 4) is 0 Å². The molecule has 2 fully saturated rings. The SMILES string of the molecule is CC(C)C.COC(=O)c1ccc(CNC2CCN(C(=O)CNC(=O)C(CC3CCCC3)CN(O)C=O)CC2)cc1. The summed E-state index contributed by atoms with van der Waals surface area (Å²) in [4.78, 5) is 49.6. The maximum absolute atomic E-state index is 12.7. The zero-order valence-corrected chi connectivity index (χ0v) is 24.6. The highest BCUT2D eigenvalue weighted by Crippen LogP contribution is 2.30. The van der Waals surface area contributed by atoms with Gasteiger partial charge < -0.3 is 20.3 Å². The van der Waals surface area contributed by atoms with Gasteiger partial charge in [0.25, 0.3) is 0 Å². The summed E-state index contributed by atoms with van der Waals surface area (Å²) in [6.45, 7) is 8.23. The lowest BCUT2D eigenvalue weighted by Crippen LogP contribution is -2.49. The van der Waals surface area contributed by atoms with Gasteiger partial charge in [0, 0.05) is 25.7 Å². The number of rotatable bonds is 12. The molecule has 1 aliphatic carbocycles. The summed E-state index contributed by atoms with van der Waals surface area (Å²) in [7, 11) is 1.36. The first-order valence-corrected chi connectivity index (χ1v) is 14.5. The molecule has 0 bridgehead atoms. The number of nitrogens with one attached hydrogen (secondary N) is 2. The number of carbonyl (C=O) groups excluding carboxylic acids is 4. The molecule has 3 amide bonds. The molecule has 10 heteroatoms. The number of methoxy groups -OCH3 is 1. The van der Waals surface area contributed by atoms with Gasteiger partial charge in [0.1, 0.15) is 0 Å². The maximum Gasteiger partial charge on any atom is 0.337 e. The van der Waals surface area contributed by atoms with Crippen molar-refractivity contribution in [2.75, 3.05) is 33.3 Å². The van der Waals surface area contributed by atoms with E-state index in [1.54, 1.807) is 17.0 Å². The zero-order chi connectivity index (χ0) is 29.5. The largest absolute Gasteiger partial charge is 0.465 e. The van der Waals surface area contributed by atoms with Gasteiger partial charge in [0.15, 0.2) is 0 Å². The van der Waals surface area contributed by atoms with Crippen LogP contribution in [0.25, 0.3) is 0 Å². The standard InChI is InChI=1S/C26H38N4O6.C4H10/c1-36-26(34)21-8-6-20(7-9-21)15-27-23-10-12-29(13-11-23)24(32)16-28-25(33)22(17-30(35)18-31)14-19-4-2-3-5-19;1-4(2)3/h6-9,18-19,22-23,27,35H,2-5,10-17H2,1H3,(H,28,33);4H,1-3H3. The molecule has 1 aromatic rings. The molecule has 3 rings (SSSR count). The first kappa shape index (κ1) is 33.2. The number of amides is 3. The fraction of sp³-hybridized carbons (Fsp3) is 0.667. The van der Waals surface area contributed by atoms with E-state index < -0.39 is 5.92 Å². The van der Waals surface area contributed by atoms with E-state index in [1.807, 2.05) is 12.1 Å². The average Bonchev–Trinajstić information content (AvgIpc) is 3.47. The van der Waals surface area contributed by atoms with Gasteiger partial charge in [-0.1, -0.05) is 58.6 Å². The van der Waals surface area contributed by atoms with Gasteiger partial charge in [-0.15, -0.1) is 0 Å². The van der Waals surface area contributed by atoms with Gasteiger partial charge in [-0.2, -0.15) is 0 Å². The van der Waals surface area contributed by atoms with Crippen molar-refractivity contribution < 1.29 is 29.1 Å². The van der Waals surface area contributed by atoms with E-state index in [4.69, 9.17) is 4.74 Å². The lowest BCUT2D eigenvalue weighted by Gasteiger charge is -2.33. The minimum absolute atomic E-state index is 0.0670. The molecule has 1 heterocycles. The summed E-state index contributed by atoms with van der Waals surface area (Å²) >= 11 is 0. The highest BCUT2D eigenvalue weighted by atomic mass is 16.5. The summed E-state index contributed by atoms with van der Waals surface area (Å²) < 4.78 is 4.71. The van der Waals surface area contributed by atoms with E-state index in [9.17, 15) is 24.4 Å². The number of benzene rings is 1. The molecule has 1 aliphatic heterocycles. The van der Waals surface area contributed by atoms with E-state index >= 15 is 0 Å². The topological polar surface area (TPSA) is 128 Å². The minimum atomic E-state index is -0.535. The monoisotopic (exact) mass is 560 g/mol. The molecular weight excluding hydrogens is 512 g/mol. The van der Waals surface area contributed by atoms with Crippen molar-refractivity contribution in [3.05, 3.63) is 35.4 Å². The van der Waals surface area contributed by atoms with E-state index in [-0.39, 0.29) is 36.9 Å². The quantitative estimate of drug-likeness (QED) is 0.155. The van der Waals surface area contributed by atoms with Crippen LogP contribution in [0.15, 0.2) is 24.3 Å². The fourth-order valence-corrected chi connectivity index (χ4v) is 5.07. The highest BCUT2D eigenvalue weighted by Gasteiger charge is 2.28. The second-order valence-corrected chi connectivity index (χ2v) is 11.5. The Morgan fingerprint density at radius 2 is 1.68 bits per heavy atom. The third-order valence-corrected chi connectivity index (χ3v) is 7.22. The van der Waals surface area contributed by atoms with Crippen molar-refractivity contribution in [3.63, 3.8) is 0 Å². The second kappa shape index (κ2) is 17.7. The number of nitrogens with zero attached hydrogens (tertiary/aromatic N) is 2. The first-order valence-electron chi connectivity index (χ1n) is 14.5. The molecule has 1 unspecified atom stereocenters. The molecule has 2 aliphatic rings. The summed E-state index contributed by atoms with van der Waals surface area (Å²) in [5.74, 6) is -0.0769.